The topological polar surface area (TPSA) is 69.4 Å². The second-order valence-electron chi connectivity index (χ2n) is 7.78. The summed E-state index contributed by atoms with van der Waals surface area (Å²) in [7, 11) is 0. The number of ketones is 1. The minimum absolute atomic E-state index is 0.0782. The van der Waals surface area contributed by atoms with Crippen LogP contribution in [0.25, 0.3) is 0 Å². The van der Waals surface area contributed by atoms with Crippen LogP contribution in [0, 0.1) is 6.92 Å². The summed E-state index contributed by atoms with van der Waals surface area (Å²) in [6, 6.07) is 3.90. The van der Waals surface area contributed by atoms with Crippen molar-refractivity contribution in [1.82, 2.24) is 0 Å². The molecule has 0 bridgehead atoms. The zero-order chi connectivity index (χ0) is 17.6. The Hall–Kier alpha value is -1.49. The van der Waals surface area contributed by atoms with Crippen LogP contribution < -0.4 is 5.73 Å². The zero-order valence-electron chi connectivity index (χ0n) is 14.6. The highest BCUT2D eigenvalue weighted by Gasteiger charge is 2.42. The molecule has 1 fully saturated rings. The van der Waals surface area contributed by atoms with E-state index in [-0.39, 0.29) is 17.6 Å². The molecule has 0 aromatic heterocycles. The molecule has 0 spiro atoms. The van der Waals surface area contributed by atoms with E-state index < -0.39 is 16.8 Å². The first kappa shape index (κ1) is 17.9. The van der Waals surface area contributed by atoms with E-state index in [0.717, 1.165) is 21.7 Å². The molecule has 1 aliphatic rings. The van der Waals surface area contributed by atoms with Gasteiger partial charge < -0.3 is 10.5 Å². The van der Waals surface area contributed by atoms with Crippen LogP contribution in [0.3, 0.4) is 0 Å². The molecule has 1 aromatic carbocycles. The number of hydrogen-bond acceptors (Lipinski definition) is 5. The number of benzene rings is 1. The van der Waals surface area contributed by atoms with Crippen molar-refractivity contribution < 1.29 is 14.3 Å². The second kappa shape index (κ2) is 5.86. The number of esters is 1. The van der Waals surface area contributed by atoms with E-state index in [2.05, 4.69) is 20.8 Å². The van der Waals surface area contributed by atoms with Crippen LogP contribution in [0.5, 0.6) is 0 Å². The molecule has 2 N–H and O–H groups in total. The van der Waals surface area contributed by atoms with Crippen LogP contribution in [-0.2, 0) is 19.7 Å². The number of carbonyl (C=O) groups excluding carboxylic acids is 2. The van der Waals surface area contributed by atoms with E-state index in [9.17, 15) is 9.59 Å². The lowest BCUT2D eigenvalue weighted by atomic mass is 9.86. The Morgan fingerprint density at radius 3 is 2.39 bits per heavy atom. The van der Waals surface area contributed by atoms with Gasteiger partial charge in [-0.3, -0.25) is 9.59 Å². The van der Waals surface area contributed by atoms with Gasteiger partial charge in [-0.25, -0.2) is 0 Å². The molecule has 1 unspecified atom stereocenters. The molecule has 1 aliphatic heterocycles. The molecule has 23 heavy (non-hydrogen) atoms. The minimum atomic E-state index is -0.799. The van der Waals surface area contributed by atoms with Gasteiger partial charge in [0.2, 0.25) is 0 Å². The van der Waals surface area contributed by atoms with Gasteiger partial charge in [0.05, 0.1) is 0 Å². The maximum absolute atomic E-state index is 12.4. The van der Waals surface area contributed by atoms with Crippen LogP contribution >= 0.6 is 11.8 Å². The lowest BCUT2D eigenvalue weighted by Gasteiger charge is -2.33. The summed E-state index contributed by atoms with van der Waals surface area (Å²) in [4.78, 5) is 25.6. The van der Waals surface area contributed by atoms with Crippen molar-refractivity contribution in [3.8, 4) is 0 Å². The first-order valence-corrected chi connectivity index (χ1v) is 8.61. The summed E-state index contributed by atoms with van der Waals surface area (Å²) >= 11 is 1.28. The van der Waals surface area contributed by atoms with Crippen LogP contribution in [0.15, 0.2) is 17.0 Å². The Balaban J connectivity index is 2.38. The zero-order valence-corrected chi connectivity index (χ0v) is 15.5. The van der Waals surface area contributed by atoms with Gasteiger partial charge in [0.25, 0.3) is 0 Å². The number of cyclic esters (lactones) is 1. The van der Waals surface area contributed by atoms with Crippen molar-refractivity contribution >= 4 is 29.2 Å². The third-order valence-corrected chi connectivity index (χ3v) is 5.19. The molecule has 0 aliphatic carbocycles. The van der Waals surface area contributed by atoms with Gasteiger partial charge in [-0.1, -0.05) is 20.8 Å². The molecular weight excluding hydrogens is 310 g/mol. The normalized spacial score (nSPS) is 21.2. The second-order valence-corrected chi connectivity index (χ2v) is 8.92. The Morgan fingerprint density at radius 1 is 1.26 bits per heavy atom. The Kier molecular flexibility index (Phi) is 4.55. The van der Waals surface area contributed by atoms with E-state index in [4.69, 9.17) is 10.5 Å². The monoisotopic (exact) mass is 335 g/mol. The standard InChI is InChI=1S/C18H25NO3S/c1-10-7-14(11(8-12(10)19)17(2,3)4)23-15-13(20)9-18(5,6)22-16(15)21/h7-8,15H,9,19H2,1-6H3. The van der Waals surface area contributed by atoms with Crippen molar-refractivity contribution in [2.75, 3.05) is 5.73 Å². The lowest BCUT2D eigenvalue weighted by molar-refractivity contribution is -0.165. The number of rotatable bonds is 2. The molecule has 5 heteroatoms. The largest absolute Gasteiger partial charge is 0.458 e. The van der Waals surface area contributed by atoms with Crippen LogP contribution in [0.4, 0.5) is 5.69 Å². The van der Waals surface area contributed by atoms with E-state index in [0.29, 0.717) is 0 Å². The quantitative estimate of drug-likeness (QED) is 0.508. The van der Waals surface area contributed by atoms with Crippen LogP contribution in [-0.4, -0.2) is 22.6 Å². The molecule has 4 nitrogen and oxygen atoms in total. The first-order chi connectivity index (χ1) is 10.4. The summed E-state index contributed by atoms with van der Waals surface area (Å²) < 4.78 is 5.40. The van der Waals surface area contributed by atoms with E-state index in [1.54, 1.807) is 13.8 Å². The summed E-state index contributed by atoms with van der Waals surface area (Å²) in [5, 5.41) is -0.799. The smallest absolute Gasteiger partial charge is 0.327 e. The summed E-state index contributed by atoms with van der Waals surface area (Å²) in [5.41, 5.74) is 7.90. The number of nitrogens with two attached hydrogens (primary N) is 1. The highest BCUT2D eigenvalue weighted by molar-refractivity contribution is 8.01. The number of thioether (sulfide) groups is 1. The van der Waals surface area contributed by atoms with Gasteiger partial charge in [-0.2, -0.15) is 0 Å². The summed E-state index contributed by atoms with van der Waals surface area (Å²) in [5.74, 6) is -0.531. The van der Waals surface area contributed by atoms with Crippen molar-refractivity contribution in [3.63, 3.8) is 0 Å². The van der Waals surface area contributed by atoms with Gasteiger partial charge in [-0.15, -0.1) is 11.8 Å². The number of nitrogen functional groups attached to an aromatic ring is 1. The first-order valence-electron chi connectivity index (χ1n) is 7.73. The third kappa shape index (κ3) is 3.89. The highest BCUT2D eigenvalue weighted by Crippen LogP contribution is 2.40. The molecule has 0 radical (unpaired) electrons. The van der Waals surface area contributed by atoms with Crippen molar-refractivity contribution in [3.05, 3.63) is 23.3 Å². The number of aryl methyl sites for hydroxylation is 1. The van der Waals surface area contributed by atoms with Gasteiger partial charge in [0.15, 0.2) is 11.0 Å². The number of anilines is 1. The van der Waals surface area contributed by atoms with Crippen molar-refractivity contribution in [1.29, 1.82) is 0 Å². The fourth-order valence-corrected chi connectivity index (χ4v) is 3.98. The number of ether oxygens (including phenoxy) is 1. The Morgan fingerprint density at radius 2 is 1.87 bits per heavy atom. The third-order valence-electron chi connectivity index (χ3n) is 3.90. The molecule has 1 atom stereocenters. The molecule has 0 saturated carbocycles. The number of carbonyl (C=O) groups is 2. The fourth-order valence-electron chi connectivity index (χ4n) is 2.63. The average Bonchev–Trinajstić information content (AvgIpc) is 2.35. The fraction of sp³-hybridized carbons (Fsp3) is 0.556. The maximum atomic E-state index is 12.4. The Labute approximate surface area is 142 Å². The molecule has 1 aromatic rings. The predicted octanol–water partition coefficient (Wildman–Crippen LogP) is 3.63. The van der Waals surface area contributed by atoms with E-state index >= 15 is 0 Å². The van der Waals surface area contributed by atoms with Gasteiger partial charge >= 0.3 is 5.97 Å². The number of hydrogen-bond donors (Lipinski definition) is 1. The predicted molar refractivity (Wildman–Crippen MR) is 93.7 cm³/mol. The molecule has 126 valence electrons. The van der Waals surface area contributed by atoms with Crippen molar-refractivity contribution in [2.24, 2.45) is 0 Å². The molecule has 1 heterocycles. The molecule has 2 rings (SSSR count). The van der Waals surface area contributed by atoms with Crippen molar-refractivity contribution in [2.45, 2.75) is 69.1 Å². The van der Waals surface area contributed by atoms with E-state index in [1.165, 1.54) is 11.8 Å². The van der Waals surface area contributed by atoms with Gasteiger partial charge in [0.1, 0.15) is 5.60 Å². The summed E-state index contributed by atoms with van der Waals surface area (Å²) in [6.07, 6.45) is 0.245. The van der Waals surface area contributed by atoms with Gasteiger partial charge in [-0.05, 0) is 49.4 Å². The number of Topliss-reactive ketones (excluding diaryl/α,β-unsaturated/α-hetero) is 1. The van der Waals surface area contributed by atoms with Gasteiger partial charge in [0, 0.05) is 17.0 Å². The SMILES string of the molecule is Cc1cc(SC2C(=O)CC(C)(C)OC2=O)c(C(C)(C)C)cc1N. The molecule has 1 saturated heterocycles. The van der Waals surface area contributed by atoms with Crippen LogP contribution in [0.2, 0.25) is 0 Å². The summed E-state index contributed by atoms with van der Waals surface area (Å²) in [6.45, 7) is 11.7. The maximum Gasteiger partial charge on any atom is 0.327 e. The van der Waals surface area contributed by atoms with E-state index in [1.807, 2.05) is 19.1 Å². The molecular formula is C18H25NO3S. The molecule has 0 amide bonds. The average molecular weight is 335 g/mol. The van der Waals surface area contributed by atoms with Crippen LogP contribution in [0.1, 0.15) is 52.2 Å². The highest BCUT2D eigenvalue weighted by atomic mass is 32.2. The lowest BCUT2D eigenvalue weighted by Crippen LogP contribution is -2.45. The minimum Gasteiger partial charge on any atom is -0.458 e. The Bertz CT molecular complexity index is 639.